The number of hydrogen-bond donors (Lipinski definition) is 3. The molecule has 144 valence electrons. The molecule has 6 nitrogen and oxygen atoms in total. The first kappa shape index (κ1) is 19.3. The Bertz CT molecular complexity index is 995. The normalized spacial score (nSPS) is 11.3. The van der Waals surface area contributed by atoms with Crippen molar-refractivity contribution in [2.45, 2.75) is 6.54 Å². The quantitative estimate of drug-likeness (QED) is 0.303. The molecule has 0 aliphatic heterocycles. The molecule has 28 heavy (non-hydrogen) atoms. The molecule has 3 aromatic carbocycles. The lowest BCUT2D eigenvalue weighted by molar-refractivity contribution is 0.161. The number of nitrogens with zero attached hydrogens (tertiary/aromatic N) is 1. The van der Waals surface area contributed by atoms with E-state index in [1.54, 1.807) is 36.4 Å². The van der Waals surface area contributed by atoms with Crippen molar-refractivity contribution in [2.75, 3.05) is 0 Å². The van der Waals surface area contributed by atoms with Crippen LogP contribution in [0.2, 0.25) is 0 Å². The van der Waals surface area contributed by atoms with Gasteiger partial charge in [-0.25, -0.2) is 9.87 Å². The van der Waals surface area contributed by atoms with Gasteiger partial charge in [0.25, 0.3) is 5.97 Å². The number of benzene rings is 3. The number of para-hydroxylation sites is 1. The number of ether oxygens (including phenoxy) is 2. The summed E-state index contributed by atoms with van der Waals surface area (Å²) in [6.45, 7) is 0.105. The van der Waals surface area contributed by atoms with Crippen LogP contribution in [-0.2, 0) is 6.54 Å². The van der Waals surface area contributed by atoms with Crippen molar-refractivity contribution in [3.05, 3.63) is 83.7 Å². The van der Waals surface area contributed by atoms with Crippen LogP contribution in [0.5, 0.6) is 23.0 Å². The van der Waals surface area contributed by atoms with Crippen molar-refractivity contribution in [3.63, 3.8) is 0 Å². The SMILES string of the molecule is O/N=C(\F)c1ccccc1Oc1cccc(Oc2ccc(CNO)cc2F)c1. The summed E-state index contributed by atoms with van der Waals surface area (Å²) in [6.07, 6.45) is 0. The molecular weight excluding hydrogens is 370 g/mol. The van der Waals surface area contributed by atoms with E-state index in [0.29, 0.717) is 17.1 Å². The molecule has 0 aliphatic rings. The number of hydrogen-bond acceptors (Lipinski definition) is 6. The van der Waals surface area contributed by atoms with Crippen LogP contribution >= 0.6 is 0 Å². The molecule has 0 radical (unpaired) electrons. The fourth-order valence-corrected chi connectivity index (χ4v) is 2.46. The van der Waals surface area contributed by atoms with Crippen LogP contribution < -0.4 is 15.0 Å². The van der Waals surface area contributed by atoms with E-state index in [1.165, 1.54) is 30.3 Å². The molecule has 0 spiro atoms. The molecule has 0 saturated heterocycles. The van der Waals surface area contributed by atoms with E-state index in [2.05, 4.69) is 5.16 Å². The van der Waals surface area contributed by atoms with Gasteiger partial charge in [0.1, 0.15) is 17.2 Å². The number of rotatable bonds is 7. The summed E-state index contributed by atoms with van der Waals surface area (Å²) >= 11 is 0. The first-order valence-corrected chi connectivity index (χ1v) is 8.19. The highest BCUT2D eigenvalue weighted by Gasteiger charge is 2.12. The van der Waals surface area contributed by atoms with Gasteiger partial charge in [0, 0.05) is 12.6 Å². The van der Waals surface area contributed by atoms with E-state index < -0.39 is 11.8 Å². The molecule has 3 aromatic rings. The van der Waals surface area contributed by atoms with Gasteiger partial charge in [0.05, 0.1) is 5.56 Å². The lowest BCUT2D eigenvalue weighted by atomic mass is 10.2. The fourth-order valence-electron chi connectivity index (χ4n) is 2.46. The van der Waals surface area contributed by atoms with Crippen molar-refractivity contribution in [2.24, 2.45) is 5.16 Å². The minimum absolute atomic E-state index is 0.00213. The molecule has 3 N–H and O–H groups in total. The Hall–Kier alpha value is -3.49. The Morgan fingerprint density at radius 3 is 2.32 bits per heavy atom. The minimum Gasteiger partial charge on any atom is -0.456 e. The second-order valence-electron chi connectivity index (χ2n) is 5.67. The van der Waals surface area contributed by atoms with E-state index in [1.807, 2.05) is 5.48 Å². The highest BCUT2D eigenvalue weighted by atomic mass is 19.1. The summed E-state index contributed by atoms with van der Waals surface area (Å²) in [7, 11) is 0. The van der Waals surface area contributed by atoms with Crippen LogP contribution in [-0.4, -0.2) is 16.4 Å². The molecular formula is C20H16F2N2O4. The smallest absolute Gasteiger partial charge is 0.260 e. The number of hydroxylamine groups is 1. The molecule has 0 saturated carbocycles. The van der Waals surface area contributed by atoms with Gasteiger partial charge in [0.2, 0.25) is 0 Å². The summed E-state index contributed by atoms with van der Waals surface area (Å²) in [5, 5.41) is 19.9. The summed E-state index contributed by atoms with van der Waals surface area (Å²) in [6, 6.07) is 16.8. The van der Waals surface area contributed by atoms with Crippen molar-refractivity contribution < 1.29 is 28.7 Å². The fraction of sp³-hybridized carbons (Fsp3) is 0.0500. The third-order valence-corrected chi connectivity index (χ3v) is 3.74. The summed E-state index contributed by atoms with van der Waals surface area (Å²) in [5.41, 5.74) is 2.48. The molecule has 3 rings (SSSR count). The van der Waals surface area contributed by atoms with Gasteiger partial charge in [-0.3, -0.25) is 0 Å². The molecule has 0 heterocycles. The maximum Gasteiger partial charge on any atom is 0.260 e. The largest absolute Gasteiger partial charge is 0.456 e. The minimum atomic E-state index is -1.08. The summed E-state index contributed by atoms with van der Waals surface area (Å²) in [4.78, 5) is 0. The molecule has 0 fully saturated rings. The topological polar surface area (TPSA) is 83.3 Å². The third kappa shape index (κ3) is 4.61. The van der Waals surface area contributed by atoms with Gasteiger partial charge in [-0.1, -0.05) is 29.4 Å². The summed E-state index contributed by atoms with van der Waals surface area (Å²) < 4.78 is 39.0. The Kier molecular flexibility index (Phi) is 6.15. The van der Waals surface area contributed by atoms with Gasteiger partial charge >= 0.3 is 0 Å². The van der Waals surface area contributed by atoms with Crippen LogP contribution in [0.15, 0.2) is 71.9 Å². The van der Waals surface area contributed by atoms with Crippen molar-refractivity contribution in [1.82, 2.24) is 5.48 Å². The van der Waals surface area contributed by atoms with E-state index in [4.69, 9.17) is 19.9 Å². The molecule has 0 amide bonds. The molecule has 8 heteroatoms. The second kappa shape index (κ2) is 8.94. The number of oxime groups is 1. The van der Waals surface area contributed by atoms with E-state index in [0.717, 1.165) is 0 Å². The first-order chi connectivity index (χ1) is 13.6. The van der Waals surface area contributed by atoms with Crippen LogP contribution in [0.4, 0.5) is 8.78 Å². The van der Waals surface area contributed by atoms with E-state index in [9.17, 15) is 8.78 Å². The zero-order valence-electron chi connectivity index (χ0n) is 14.5. The zero-order chi connectivity index (χ0) is 19.9. The van der Waals surface area contributed by atoms with Crippen LogP contribution in [0.1, 0.15) is 11.1 Å². The van der Waals surface area contributed by atoms with Crippen molar-refractivity contribution >= 4 is 5.97 Å². The maximum absolute atomic E-state index is 14.1. The predicted octanol–water partition coefficient (Wildman–Crippen LogP) is 4.99. The Labute approximate surface area is 159 Å². The van der Waals surface area contributed by atoms with Crippen molar-refractivity contribution in [1.29, 1.82) is 0 Å². The Morgan fingerprint density at radius 2 is 1.64 bits per heavy atom. The Morgan fingerprint density at radius 1 is 0.929 bits per heavy atom. The van der Waals surface area contributed by atoms with E-state index >= 15 is 0 Å². The van der Waals surface area contributed by atoms with Crippen molar-refractivity contribution in [3.8, 4) is 23.0 Å². The first-order valence-electron chi connectivity index (χ1n) is 8.19. The highest BCUT2D eigenvalue weighted by molar-refractivity contribution is 5.95. The average molecular weight is 386 g/mol. The standard InChI is InChI=1S/C20H16F2N2O4/c21-17-10-13(12-23-25)8-9-19(17)28-15-5-3-4-14(11-15)27-18-7-2-1-6-16(18)20(22)24-26/h1-11,23,25-26H,12H2/b24-20-. The highest BCUT2D eigenvalue weighted by Crippen LogP contribution is 2.31. The van der Waals surface area contributed by atoms with Crippen LogP contribution in [0.3, 0.4) is 0 Å². The predicted molar refractivity (Wildman–Crippen MR) is 97.5 cm³/mol. The monoisotopic (exact) mass is 386 g/mol. The molecule has 0 unspecified atom stereocenters. The molecule has 0 aliphatic carbocycles. The maximum atomic E-state index is 14.1. The van der Waals surface area contributed by atoms with Gasteiger partial charge in [-0.2, -0.15) is 4.39 Å². The molecule has 0 atom stereocenters. The van der Waals surface area contributed by atoms with Gasteiger partial charge in [-0.15, -0.1) is 0 Å². The zero-order valence-corrected chi connectivity index (χ0v) is 14.5. The lowest BCUT2D eigenvalue weighted by Crippen LogP contribution is -2.06. The number of halogens is 2. The molecule has 0 aromatic heterocycles. The molecule has 0 bridgehead atoms. The Balaban J connectivity index is 1.80. The number of nitrogens with one attached hydrogen (secondary N) is 1. The van der Waals surface area contributed by atoms with Gasteiger partial charge in [-0.05, 0) is 42.0 Å². The van der Waals surface area contributed by atoms with E-state index in [-0.39, 0.29) is 23.6 Å². The average Bonchev–Trinajstić information content (AvgIpc) is 2.70. The van der Waals surface area contributed by atoms with Crippen LogP contribution in [0, 0.1) is 5.82 Å². The third-order valence-electron chi connectivity index (χ3n) is 3.74. The van der Waals surface area contributed by atoms with Crippen LogP contribution in [0.25, 0.3) is 0 Å². The van der Waals surface area contributed by atoms with Gasteiger partial charge in [0.15, 0.2) is 11.6 Å². The lowest BCUT2D eigenvalue weighted by Gasteiger charge is -2.12. The van der Waals surface area contributed by atoms with Gasteiger partial charge < -0.3 is 19.9 Å². The summed E-state index contributed by atoms with van der Waals surface area (Å²) in [5.74, 6) is -0.914. The second-order valence-corrected chi connectivity index (χ2v) is 5.67.